The van der Waals surface area contributed by atoms with E-state index in [2.05, 4.69) is 6.07 Å². The molecule has 0 aromatic heterocycles. The summed E-state index contributed by atoms with van der Waals surface area (Å²) in [4.78, 5) is 0.350. The summed E-state index contributed by atoms with van der Waals surface area (Å²) in [6, 6.07) is 24.9. The van der Waals surface area contributed by atoms with Gasteiger partial charge in [-0.25, -0.2) is 8.42 Å². The lowest BCUT2D eigenvalue weighted by molar-refractivity contribution is 0.296. The van der Waals surface area contributed by atoms with Crippen molar-refractivity contribution in [3.8, 4) is 0 Å². The van der Waals surface area contributed by atoms with Crippen LogP contribution in [-0.4, -0.2) is 12.7 Å². The van der Waals surface area contributed by atoms with Crippen LogP contribution in [0, 0.1) is 6.92 Å². The van der Waals surface area contributed by atoms with Gasteiger partial charge in [0.2, 0.25) is 10.0 Å². The molecular formula is C22H21NO2S. The van der Waals surface area contributed by atoms with Crippen molar-refractivity contribution in [1.29, 1.82) is 0 Å². The summed E-state index contributed by atoms with van der Waals surface area (Å²) in [6.07, 6.45) is 0.686. The minimum atomic E-state index is -3.59. The summed E-state index contributed by atoms with van der Waals surface area (Å²) >= 11 is 0. The minimum Gasteiger partial charge on any atom is -0.207 e. The number of rotatable bonds is 3. The molecule has 3 aromatic rings. The van der Waals surface area contributed by atoms with E-state index in [9.17, 15) is 8.42 Å². The maximum absolute atomic E-state index is 13.4. The van der Waals surface area contributed by atoms with Crippen molar-refractivity contribution in [2.24, 2.45) is 0 Å². The Morgan fingerprint density at radius 1 is 0.808 bits per heavy atom. The number of aryl methyl sites for hydroxylation is 1. The van der Waals surface area contributed by atoms with Gasteiger partial charge >= 0.3 is 0 Å². The van der Waals surface area contributed by atoms with E-state index >= 15 is 0 Å². The maximum atomic E-state index is 13.4. The molecule has 0 N–H and O–H groups in total. The number of sulfonamides is 1. The van der Waals surface area contributed by atoms with Crippen LogP contribution in [0.15, 0.2) is 83.8 Å². The van der Waals surface area contributed by atoms with Crippen LogP contribution in [-0.2, 0) is 23.0 Å². The van der Waals surface area contributed by atoms with Crippen molar-refractivity contribution in [3.63, 3.8) is 0 Å². The first-order valence-corrected chi connectivity index (χ1v) is 10.2. The highest BCUT2D eigenvalue weighted by Crippen LogP contribution is 2.37. The standard InChI is InChI=1S/C22H21NO2S/c1-17-11-13-21(14-12-17)26(24,25)23-16-20-10-6-5-9-19(20)15-22(23)18-7-3-2-4-8-18/h2-14,22H,15-16H2,1H3. The number of benzene rings is 3. The molecule has 3 nitrogen and oxygen atoms in total. The average Bonchev–Trinajstić information content (AvgIpc) is 2.68. The molecule has 1 heterocycles. The number of hydrogen-bond acceptors (Lipinski definition) is 2. The number of hydrogen-bond donors (Lipinski definition) is 0. The van der Waals surface area contributed by atoms with E-state index in [1.807, 2.05) is 67.6 Å². The Kier molecular flexibility index (Phi) is 4.39. The molecule has 0 saturated carbocycles. The highest BCUT2D eigenvalue weighted by Gasteiger charge is 2.36. The molecule has 132 valence electrons. The molecule has 1 aliphatic rings. The fraction of sp³-hybridized carbons (Fsp3) is 0.182. The second-order valence-corrected chi connectivity index (χ2v) is 8.65. The van der Waals surface area contributed by atoms with Crippen molar-refractivity contribution < 1.29 is 8.42 Å². The molecule has 0 spiro atoms. The van der Waals surface area contributed by atoms with E-state index in [0.29, 0.717) is 17.9 Å². The maximum Gasteiger partial charge on any atom is 0.243 e. The van der Waals surface area contributed by atoms with Gasteiger partial charge in [-0.3, -0.25) is 0 Å². The van der Waals surface area contributed by atoms with Crippen LogP contribution in [0.1, 0.15) is 28.3 Å². The molecule has 0 amide bonds. The van der Waals surface area contributed by atoms with Gasteiger partial charge in [0.25, 0.3) is 0 Å². The zero-order valence-electron chi connectivity index (χ0n) is 14.7. The molecule has 4 heteroatoms. The summed E-state index contributed by atoms with van der Waals surface area (Å²) < 4.78 is 28.5. The normalized spacial score (nSPS) is 17.7. The highest BCUT2D eigenvalue weighted by molar-refractivity contribution is 7.89. The molecule has 0 fully saturated rings. The SMILES string of the molecule is Cc1ccc(S(=O)(=O)N2Cc3ccccc3CC2c2ccccc2)cc1. The third kappa shape index (κ3) is 3.06. The van der Waals surface area contributed by atoms with Gasteiger partial charge in [0, 0.05) is 6.54 Å². The van der Waals surface area contributed by atoms with Gasteiger partial charge in [0.15, 0.2) is 0 Å². The van der Waals surface area contributed by atoms with Crippen molar-refractivity contribution >= 4 is 10.0 Å². The number of fused-ring (bicyclic) bond motifs is 1. The Balaban J connectivity index is 1.82. The van der Waals surface area contributed by atoms with Crippen LogP contribution >= 0.6 is 0 Å². The molecule has 4 rings (SSSR count). The molecule has 26 heavy (non-hydrogen) atoms. The van der Waals surface area contributed by atoms with Gasteiger partial charge in [0.1, 0.15) is 0 Å². The fourth-order valence-corrected chi connectivity index (χ4v) is 5.15. The van der Waals surface area contributed by atoms with Crippen LogP contribution in [0.2, 0.25) is 0 Å². The van der Waals surface area contributed by atoms with Gasteiger partial charge in [-0.05, 0) is 42.2 Å². The quantitative estimate of drug-likeness (QED) is 0.688. The molecular weight excluding hydrogens is 342 g/mol. The van der Waals surface area contributed by atoms with Gasteiger partial charge in [-0.2, -0.15) is 4.31 Å². The van der Waals surface area contributed by atoms with Gasteiger partial charge < -0.3 is 0 Å². The summed E-state index contributed by atoms with van der Waals surface area (Å²) in [7, 11) is -3.59. The summed E-state index contributed by atoms with van der Waals surface area (Å²) in [5.74, 6) is 0. The van der Waals surface area contributed by atoms with E-state index in [-0.39, 0.29) is 6.04 Å². The van der Waals surface area contributed by atoms with Gasteiger partial charge in [-0.15, -0.1) is 0 Å². The summed E-state index contributed by atoms with van der Waals surface area (Å²) in [6.45, 7) is 2.35. The largest absolute Gasteiger partial charge is 0.243 e. The third-order valence-electron chi connectivity index (χ3n) is 5.02. The van der Waals surface area contributed by atoms with Crippen molar-refractivity contribution in [2.75, 3.05) is 0 Å². The Hall–Kier alpha value is -2.43. The van der Waals surface area contributed by atoms with Gasteiger partial charge in [-0.1, -0.05) is 72.3 Å². The van der Waals surface area contributed by atoms with Crippen LogP contribution in [0.25, 0.3) is 0 Å². The first kappa shape index (κ1) is 17.0. The summed E-state index contributed by atoms with van der Waals surface area (Å²) in [5, 5.41) is 0. The third-order valence-corrected chi connectivity index (χ3v) is 6.89. The van der Waals surface area contributed by atoms with Crippen molar-refractivity contribution in [3.05, 3.63) is 101 Å². The molecule has 0 bridgehead atoms. The molecule has 1 aliphatic heterocycles. The first-order chi connectivity index (χ1) is 12.6. The highest BCUT2D eigenvalue weighted by atomic mass is 32.2. The van der Waals surface area contributed by atoms with Crippen LogP contribution in [0.4, 0.5) is 0 Å². The van der Waals surface area contributed by atoms with Crippen LogP contribution < -0.4 is 0 Å². The molecule has 1 unspecified atom stereocenters. The van der Waals surface area contributed by atoms with E-state index in [4.69, 9.17) is 0 Å². The zero-order chi connectivity index (χ0) is 18.1. The zero-order valence-corrected chi connectivity index (χ0v) is 15.5. The predicted molar refractivity (Wildman–Crippen MR) is 103 cm³/mol. The predicted octanol–water partition coefficient (Wildman–Crippen LogP) is 4.48. The fourth-order valence-electron chi connectivity index (χ4n) is 3.56. The lowest BCUT2D eigenvalue weighted by Gasteiger charge is -2.36. The average molecular weight is 363 g/mol. The Labute approximate surface area is 155 Å². The Bertz CT molecular complexity index is 1010. The lowest BCUT2D eigenvalue weighted by Crippen LogP contribution is -2.38. The van der Waals surface area contributed by atoms with Crippen LogP contribution in [0.3, 0.4) is 0 Å². The van der Waals surface area contributed by atoms with E-state index in [1.165, 1.54) is 5.56 Å². The molecule has 1 atom stereocenters. The minimum absolute atomic E-state index is 0.197. The van der Waals surface area contributed by atoms with E-state index in [0.717, 1.165) is 16.7 Å². The number of nitrogens with zero attached hydrogens (tertiary/aromatic N) is 1. The second kappa shape index (κ2) is 6.71. The Morgan fingerprint density at radius 2 is 1.42 bits per heavy atom. The summed E-state index contributed by atoms with van der Waals surface area (Å²) in [5.41, 5.74) is 4.37. The molecule has 0 saturated heterocycles. The van der Waals surface area contributed by atoms with E-state index in [1.54, 1.807) is 16.4 Å². The van der Waals surface area contributed by atoms with E-state index < -0.39 is 10.0 Å². The Morgan fingerprint density at radius 3 is 2.12 bits per heavy atom. The smallest absolute Gasteiger partial charge is 0.207 e. The molecule has 3 aromatic carbocycles. The topological polar surface area (TPSA) is 37.4 Å². The molecule has 0 aliphatic carbocycles. The monoisotopic (exact) mass is 363 g/mol. The second-order valence-electron chi connectivity index (χ2n) is 6.76. The first-order valence-electron chi connectivity index (χ1n) is 8.76. The van der Waals surface area contributed by atoms with Gasteiger partial charge in [0.05, 0.1) is 10.9 Å². The lowest BCUT2D eigenvalue weighted by atomic mass is 9.92. The van der Waals surface area contributed by atoms with Crippen LogP contribution in [0.5, 0.6) is 0 Å². The molecule has 0 radical (unpaired) electrons. The van der Waals surface area contributed by atoms with Crippen molar-refractivity contribution in [2.45, 2.75) is 30.8 Å². The van der Waals surface area contributed by atoms with Crippen molar-refractivity contribution in [1.82, 2.24) is 4.31 Å².